The third-order valence-corrected chi connectivity index (χ3v) is 3.13. The van der Waals surface area contributed by atoms with Gasteiger partial charge in [0.25, 0.3) is 0 Å². The summed E-state index contributed by atoms with van der Waals surface area (Å²) in [5, 5.41) is 9.49. The van der Waals surface area contributed by atoms with Crippen molar-refractivity contribution in [3.05, 3.63) is 18.2 Å². The maximum absolute atomic E-state index is 9.49. The summed E-state index contributed by atoms with van der Waals surface area (Å²) in [4.78, 5) is 2.26. The summed E-state index contributed by atoms with van der Waals surface area (Å²) in [5.41, 5.74) is 7.64. The van der Waals surface area contributed by atoms with Gasteiger partial charge >= 0.3 is 0 Å². The van der Waals surface area contributed by atoms with Crippen LogP contribution in [-0.4, -0.2) is 30.9 Å². The molecule has 4 nitrogen and oxygen atoms in total. The zero-order valence-corrected chi connectivity index (χ0v) is 10.2. The summed E-state index contributed by atoms with van der Waals surface area (Å²) in [5.74, 6) is 0.746. The summed E-state index contributed by atoms with van der Waals surface area (Å²) in [6.45, 7) is 4.34. The number of nitrogen functional groups attached to an aromatic ring is 1. The summed E-state index contributed by atoms with van der Waals surface area (Å²) in [7, 11) is 0. The predicted molar refractivity (Wildman–Crippen MR) is 69.5 cm³/mol. The van der Waals surface area contributed by atoms with Gasteiger partial charge in [-0.05, 0) is 31.9 Å². The first-order chi connectivity index (χ1) is 8.20. The van der Waals surface area contributed by atoms with Crippen molar-refractivity contribution in [2.24, 2.45) is 0 Å². The van der Waals surface area contributed by atoms with Crippen LogP contribution >= 0.6 is 0 Å². The minimum absolute atomic E-state index is 0.147. The molecule has 0 radical (unpaired) electrons. The Morgan fingerprint density at radius 2 is 2.12 bits per heavy atom. The summed E-state index contributed by atoms with van der Waals surface area (Å²) < 4.78 is 5.49. The Kier molecular flexibility index (Phi) is 3.74. The second-order valence-corrected chi connectivity index (χ2v) is 4.37. The second-order valence-electron chi connectivity index (χ2n) is 4.37. The molecular weight excluding hydrogens is 216 g/mol. The van der Waals surface area contributed by atoms with Crippen LogP contribution < -0.4 is 15.4 Å². The van der Waals surface area contributed by atoms with Gasteiger partial charge in [-0.25, -0.2) is 0 Å². The van der Waals surface area contributed by atoms with Crippen LogP contribution in [0.5, 0.6) is 5.75 Å². The van der Waals surface area contributed by atoms with Crippen LogP contribution in [0.3, 0.4) is 0 Å². The van der Waals surface area contributed by atoms with Crippen LogP contribution in [0.4, 0.5) is 11.4 Å². The van der Waals surface area contributed by atoms with Crippen molar-refractivity contribution >= 4 is 11.4 Å². The molecule has 1 fully saturated rings. The minimum atomic E-state index is -0.147. The standard InChI is InChI=1S/C13H20N2O2/c1-2-17-13-9-10(3-4-12(13)14)15-7-5-11(16)6-8-15/h3-4,9,11,16H,2,5-8,14H2,1H3. The number of rotatable bonds is 3. The molecule has 0 aromatic heterocycles. The van der Waals surface area contributed by atoms with E-state index in [-0.39, 0.29) is 6.10 Å². The van der Waals surface area contributed by atoms with Crippen LogP contribution in [0, 0.1) is 0 Å². The fourth-order valence-corrected chi connectivity index (χ4v) is 2.12. The van der Waals surface area contributed by atoms with E-state index >= 15 is 0 Å². The zero-order valence-electron chi connectivity index (χ0n) is 10.2. The van der Waals surface area contributed by atoms with Gasteiger partial charge in [0.15, 0.2) is 0 Å². The topological polar surface area (TPSA) is 58.7 Å². The molecule has 0 atom stereocenters. The Hall–Kier alpha value is -1.42. The van der Waals surface area contributed by atoms with Crippen molar-refractivity contribution in [2.75, 3.05) is 30.3 Å². The van der Waals surface area contributed by atoms with Crippen molar-refractivity contribution in [2.45, 2.75) is 25.9 Å². The molecule has 2 rings (SSSR count). The SMILES string of the molecule is CCOc1cc(N2CCC(O)CC2)ccc1N. The highest BCUT2D eigenvalue weighted by molar-refractivity contribution is 5.62. The maximum Gasteiger partial charge on any atom is 0.144 e. The van der Waals surface area contributed by atoms with Crippen molar-refractivity contribution in [3.8, 4) is 5.75 Å². The van der Waals surface area contributed by atoms with E-state index in [1.54, 1.807) is 0 Å². The van der Waals surface area contributed by atoms with Crippen LogP contribution in [0.15, 0.2) is 18.2 Å². The quantitative estimate of drug-likeness (QED) is 0.783. The molecule has 0 saturated carbocycles. The average molecular weight is 236 g/mol. The first-order valence-electron chi connectivity index (χ1n) is 6.16. The van der Waals surface area contributed by atoms with Gasteiger partial charge in [-0.15, -0.1) is 0 Å². The molecule has 1 aliphatic heterocycles. The fraction of sp³-hybridized carbons (Fsp3) is 0.538. The monoisotopic (exact) mass is 236 g/mol. The first kappa shape index (κ1) is 12.0. The lowest BCUT2D eigenvalue weighted by Crippen LogP contribution is -2.35. The molecule has 0 spiro atoms. The molecule has 1 aromatic carbocycles. The lowest BCUT2D eigenvalue weighted by atomic mass is 10.1. The van der Waals surface area contributed by atoms with Crippen molar-refractivity contribution in [1.82, 2.24) is 0 Å². The van der Waals surface area contributed by atoms with E-state index in [0.717, 1.165) is 37.4 Å². The fourth-order valence-electron chi connectivity index (χ4n) is 2.12. The molecule has 0 aliphatic carbocycles. The van der Waals surface area contributed by atoms with Gasteiger partial charge in [-0.1, -0.05) is 0 Å². The molecule has 1 aliphatic rings. The number of nitrogens with zero attached hydrogens (tertiary/aromatic N) is 1. The van der Waals surface area contributed by atoms with E-state index in [1.807, 2.05) is 25.1 Å². The summed E-state index contributed by atoms with van der Waals surface area (Å²) in [6.07, 6.45) is 1.51. The van der Waals surface area contributed by atoms with Gasteiger partial charge in [0.05, 0.1) is 18.4 Å². The highest BCUT2D eigenvalue weighted by Crippen LogP contribution is 2.29. The van der Waals surface area contributed by atoms with Crippen LogP contribution in [-0.2, 0) is 0 Å². The largest absolute Gasteiger partial charge is 0.492 e. The molecule has 94 valence electrons. The normalized spacial score (nSPS) is 17.2. The lowest BCUT2D eigenvalue weighted by molar-refractivity contribution is 0.145. The molecular formula is C13H20N2O2. The minimum Gasteiger partial charge on any atom is -0.492 e. The van der Waals surface area contributed by atoms with Crippen molar-refractivity contribution < 1.29 is 9.84 Å². The Bertz CT molecular complexity index is 374. The predicted octanol–water partition coefficient (Wildman–Crippen LogP) is 1.63. The van der Waals surface area contributed by atoms with Gasteiger partial charge in [0.1, 0.15) is 5.75 Å². The van der Waals surface area contributed by atoms with Gasteiger partial charge in [-0.2, -0.15) is 0 Å². The number of aliphatic hydroxyl groups excluding tert-OH is 1. The van der Waals surface area contributed by atoms with Crippen molar-refractivity contribution in [1.29, 1.82) is 0 Å². The second kappa shape index (κ2) is 5.27. The van der Waals surface area contributed by atoms with Crippen molar-refractivity contribution in [3.63, 3.8) is 0 Å². The molecule has 1 heterocycles. The third-order valence-electron chi connectivity index (χ3n) is 3.13. The maximum atomic E-state index is 9.49. The summed E-state index contributed by atoms with van der Waals surface area (Å²) >= 11 is 0. The van der Waals surface area contributed by atoms with Gasteiger partial charge in [0, 0.05) is 24.8 Å². The van der Waals surface area contributed by atoms with Gasteiger partial charge in [-0.3, -0.25) is 0 Å². The molecule has 17 heavy (non-hydrogen) atoms. The van der Waals surface area contributed by atoms with E-state index in [1.165, 1.54) is 0 Å². The van der Waals surface area contributed by atoms with E-state index in [0.29, 0.717) is 12.3 Å². The highest BCUT2D eigenvalue weighted by atomic mass is 16.5. The molecule has 4 heteroatoms. The smallest absolute Gasteiger partial charge is 0.144 e. The van der Waals surface area contributed by atoms with E-state index in [2.05, 4.69) is 4.90 Å². The average Bonchev–Trinajstić information content (AvgIpc) is 2.33. The molecule has 0 unspecified atom stereocenters. The highest BCUT2D eigenvalue weighted by Gasteiger charge is 2.17. The Labute approximate surface area is 102 Å². The van der Waals surface area contributed by atoms with Gasteiger partial charge in [0.2, 0.25) is 0 Å². The van der Waals surface area contributed by atoms with Crippen LogP contribution in [0.25, 0.3) is 0 Å². The third kappa shape index (κ3) is 2.82. The van der Waals surface area contributed by atoms with E-state index < -0.39 is 0 Å². The van der Waals surface area contributed by atoms with Gasteiger partial charge < -0.3 is 20.5 Å². The lowest BCUT2D eigenvalue weighted by Gasteiger charge is -2.31. The number of aliphatic hydroxyl groups is 1. The van der Waals surface area contributed by atoms with E-state index in [4.69, 9.17) is 10.5 Å². The van der Waals surface area contributed by atoms with Crippen LogP contribution in [0.2, 0.25) is 0 Å². The first-order valence-corrected chi connectivity index (χ1v) is 6.16. The number of hydrogen-bond donors (Lipinski definition) is 2. The number of ether oxygens (including phenoxy) is 1. The Morgan fingerprint density at radius 3 is 2.76 bits per heavy atom. The number of hydrogen-bond acceptors (Lipinski definition) is 4. The van der Waals surface area contributed by atoms with Crippen LogP contribution in [0.1, 0.15) is 19.8 Å². The number of piperidine rings is 1. The molecule has 1 aromatic rings. The Morgan fingerprint density at radius 1 is 1.41 bits per heavy atom. The Balaban J connectivity index is 2.12. The molecule has 0 amide bonds. The number of anilines is 2. The van der Waals surface area contributed by atoms with E-state index in [9.17, 15) is 5.11 Å². The summed E-state index contributed by atoms with van der Waals surface area (Å²) in [6, 6.07) is 5.87. The number of nitrogens with two attached hydrogens (primary N) is 1. The zero-order chi connectivity index (χ0) is 12.3. The molecule has 3 N–H and O–H groups in total. The number of benzene rings is 1. The molecule has 1 saturated heterocycles. The molecule has 0 bridgehead atoms.